The second-order valence-electron chi connectivity index (χ2n) is 3.19. The van der Waals surface area contributed by atoms with Crippen molar-refractivity contribution in [2.45, 2.75) is 26.2 Å². The molecule has 0 aromatic rings. The molecule has 0 bridgehead atoms. The quantitative estimate of drug-likeness (QED) is 0.595. The number of halogens is 1. The number of nitrogens with one attached hydrogen (secondary N) is 1. The Hall–Kier alpha value is -0.0500. The third-order valence-electron chi connectivity index (χ3n) is 2.02. The molecule has 78 valence electrons. The highest BCUT2D eigenvalue weighted by molar-refractivity contribution is 6.25. The average molecular weight is 206 g/mol. The van der Waals surface area contributed by atoms with Crippen LogP contribution in [0.5, 0.6) is 0 Å². The number of aliphatic hydroxyl groups is 1. The summed E-state index contributed by atoms with van der Waals surface area (Å²) in [6.45, 7) is 4.24. The highest BCUT2D eigenvalue weighted by Gasteiger charge is 2.05. The van der Waals surface area contributed by atoms with E-state index in [-0.39, 0.29) is 6.61 Å². The van der Waals surface area contributed by atoms with Crippen molar-refractivity contribution >= 4 is 11.6 Å². The first kappa shape index (κ1) is 12.9. The van der Waals surface area contributed by atoms with Crippen LogP contribution in [0.4, 0.5) is 0 Å². The van der Waals surface area contributed by atoms with Gasteiger partial charge in [0.15, 0.2) is 0 Å². The van der Waals surface area contributed by atoms with Gasteiger partial charge >= 0.3 is 0 Å². The van der Waals surface area contributed by atoms with Crippen LogP contribution in [-0.2, 0) is 0 Å². The standard InChI is InChI=1S/C10H20ClNO/c1-2-4-10(5-8-13)9-12-7-3-6-11/h3,6,10,12-13H,2,4-5,7-9H2,1H3/b6-3+. The van der Waals surface area contributed by atoms with Gasteiger partial charge in [0.1, 0.15) is 0 Å². The van der Waals surface area contributed by atoms with Gasteiger partial charge in [-0.3, -0.25) is 0 Å². The number of hydrogen-bond acceptors (Lipinski definition) is 2. The van der Waals surface area contributed by atoms with E-state index in [0.717, 1.165) is 19.5 Å². The third-order valence-corrected chi connectivity index (χ3v) is 2.20. The molecule has 0 rings (SSSR count). The van der Waals surface area contributed by atoms with Gasteiger partial charge in [-0.05, 0) is 25.3 Å². The van der Waals surface area contributed by atoms with E-state index in [9.17, 15) is 0 Å². The molecule has 3 heteroatoms. The lowest BCUT2D eigenvalue weighted by Crippen LogP contribution is -2.23. The molecule has 2 N–H and O–H groups in total. The fourth-order valence-corrected chi connectivity index (χ4v) is 1.44. The zero-order valence-electron chi connectivity index (χ0n) is 8.30. The Morgan fingerprint density at radius 1 is 1.46 bits per heavy atom. The van der Waals surface area contributed by atoms with Gasteiger partial charge in [-0.2, -0.15) is 0 Å². The van der Waals surface area contributed by atoms with Gasteiger partial charge in [0, 0.05) is 18.7 Å². The van der Waals surface area contributed by atoms with Crippen LogP contribution in [0.1, 0.15) is 26.2 Å². The second-order valence-corrected chi connectivity index (χ2v) is 3.44. The molecule has 0 aliphatic rings. The number of rotatable bonds is 8. The zero-order valence-corrected chi connectivity index (χ0v) is 9.06. The van der Waals surface area contributed by atoms with Crippen LogP contribution < -0.4 is 5.32 Å². The molecule has 0 aliphatic carbocycles. The summed E-state index contributed by atoms with van der Waals surface area (Å²) in [6.07, 6.45) is 5.13. The van der Waals surface area contributed by atoms with Gasteiger partial charge < -0.3 is 10.4 Å². The molecule has 0 aromatic heterocycles. The topological polar surface area (TPSA) is 32.3 Å². The minimum Gasteiger partial charge on any atom is -0.396 e. The largest absolute Gasteiger partial charge is 0.396 e. The molecular weight excluding hydrogens is 186 g/mol. The summed E-state index contributed by atoms with van der Waals surface area (Å²) in [6, 6.07) is 0. The van der Waals surface area contributed by atoms with E-state index < -0.39 is 0 Å². The summed E-state index contributed by atoms with van der Waals surface area (Å²) in [5.74, 6) is 0.596. The third kappa shape index (κ3) is 8.28. The molecule has 13 heavy (non-hydrogen) atoms. The van der Waals surface area contributed by atoms with Gasteiger partial charge in [0.25, 0.3) is 0 Å². The summed E-state index contributed by atoms with van der Waals surface area (Å²) in [5, 5.41) is 12.1. The van der Waals surface area contributed by atoms with Crippen molar-refractivity contribution in [1.82, 2.24) is 5.32 Å². The van der Waals surface area contributed by atoms with Crippen molar-refractivity contribution in [1.29, 1.82) is 0 Å². The first-order chi connectivity index (χ1) is 6.35. The number of aliphatic hydroxyl groups excluding tert-OH is 1. The molecule has 0 heterocycles. The van der Waals surface area contributed by atoms with Crippen LogP contribution in [0.25, 0.3) is 0 Å². The van der Waals surface area contributed by atoms with Gasteiger partial charge in [0.2, 0.25) is 0 Å². The maximum Gasteiger partial charge on any atom is 0.0434 e. The van der Waals surface area contributed by atoms with Gasteiger partial charge in [0.05, 0.1) is 0 Å². The molecule has 0 aromatic carbocycles. The Morgan fingerprint density at radius 2 is 2.23 bits per heavy atom. The van der Waals surface area contributed by atoms with E-state index in [0.29, 0.717) is 5.92 Å². The van der Waals surface area contributed by atoms with Crippen LogP contribution in [0.3, 0.4) is 0 Å². The highest BCUT2D eigenvalue weighted by atomic mass is 35.5. The number of hydrogen-bond donors (Lipinski definition) is 2. The average Bonchev–Trinajstić information content (AvgIpc) is 2.13. The molecule has 0 amide bonds. The van der Waals surface area contributed by atoms with Crippen molar-refractivity contribution < 1.29 is 5.11 Å². The molecule has 0 saturated carbocycles. The fourth-order valence-electron chi connectivity index (χ4n) is 1.35. The molecule has 1 atom stereocenters. The minimum atomic E-state index is 0.289. The summed E-state index contributed by atoms with van der Waals surface area (Å²) < 4.78 is 0. The molecule has 1 unspecified atom stereocenters. The Kier molecular flexibility index (Phi) is 10.00. The molecule has 0 spiro atoms. The lowest BCUT2D eigenvalue weighted by Gasteiger charge is -2.14. The predicted molar refractivity (Wildman–Crippen MR) is 58.0 cm³/mol. The first-order valence-corrected chi connectivity index (χ1v) is 5.35. The van der Waals surface area contributed by atoms with E-state index in [4.69, 9.17) is 16.7 Å². The lowest BCUT2D eigenvalue weighted by molar-refractivity contribution is 0.249. The predicted octanol–water partition coefficient (Wildman–Crippen LogP) is 2.13. The van der Waals surface area contributed by atoms with Crippen LogP contribution in [-0.4, -0.2) is 24.8 Å². The van der Waals surface area contributed by atoms with E-state index in [1.165, 1.54) is 18.4 Å². The van der Waals surface area contributed by atoms with Crippen LogP contribution in [0, 0.1) is 5.92 Å². The summed E-state index contributed by atoms with van der Waals surface area (Å²) in [7, 11) is 0. The highest BCUT2D eigenvalue weighted by Crippen LogP contribution is 2.08. The van der Waals surface area contributed by atoms with Crippen molar-refractivity contribution in [3.05, 3.63) is 11.6 Å². The first-order valence-electron chi connectivity index (χ1n) is 4.91. The Labute approximate surface area is 86.0 Å². The fraction of sp³-hybridized carbons (Fsp3) is 0.800. The monoisotopic (exact) mass is 205 g/mol. The smallest absolute Gasteiger partial charge is 0.0434 e. The molecule has 2 nitrogen and oxygen atoms in total. The summed E-state index contributed by atoms with van der Waals surface area (Å²) >= 11 is 5.38. The maximum atomic E-state index is 8.80. The van der Waals surface area contributed by atoms with Gasteiger partial charge in [-0.15, -0.1) is 0 Å². The summed E-state index contributed by atoms with van der Waals surface area (Å²) in [5.41, 5.74) is 1.52. The SMILES string of the molecule is CCCC(CCO)CNC/C=C/Cl. The van der Waals surface area contributed by atoms with Gasteiger partial charge in [-0.1, -0.05) is 31.0 Å². The molecule has 0 aliphatic heterocycles. The Balaban J connectivity index is 3.43. The maximum absolute atomic E-state index is 8.80. The van der Waals surface area contributed by atoms with Crippen molar-refractivity contribution in [3.63, 3.8) is 0 Å². The lowest BCUT2D eigenvalue weighted by atomic mass is 10.0. The van der Waals surface area contributed by atoms with E-state index in [2.05, 4.69) is 12.2 Å². The Bertz CT molecular complexity index is 122. The van der Waals surface area contributed by atoms with E-state index >= 15 is 0 Å². The van der Waals surface area contributed by atoms with Crippen LogP contribution >= 0.6 is 11.6 Å². The van der Waals surface area contributed by atoms with Crippen LogP contribution in [0.15, 0.2) is 11.6 Å². The van der Waals surface area contributed by atoms with Gasteiger partial charge in [-0.25, -0.2) is 0 Å². The molecule has 0 fully saturated rings. The second kappa shape index (κ2) is 10.0. The van der Waals surface area contributed by atoms with Crippen molar-refractivity contribution in [3.8, 4) is 0 Å². The van der Waals surface area contributed by atoms with Crippen LogP contribution in [0.2, 0.25) is 0 Å². The zero-order chi connectivity index (χ0) is 9.94. The van der Waals surface area contributed by atoms with E-state index in [1.807, 2.05) is 6.08 Å². The van der Waals surface area contributed by atoms with Crippen molar-refractivity contribution in [2.75, 3.05) is 19.7 Å². The molecule has 0 saturated heterocycles. The molecular formula is C10H20ClNO. The minimum absolute atomic E-state index is 0.289. The van der Waals surface area contributed by atoms with E-state index in [1.54, 1.807) is 0 Å². The Morgan fingerprint density at radius 3 is 2.77 bits per heavy atom. The summed E-state index contributed by atoms with van der Waals surface area (Å²) in [4.78, 5) is 0. The normalized spacial score (nSPS) is 13.8. The van der Waals surface area contributed by atoms with Crippen molar-refractivity contribution in [2.24, 2.45) is 5.92 Å². The molecule has 0 radical (unpaired) electrons.